The minimum Gasteiger partial charge on any atom is -0.314 e. The van der Waals surface area contributed by atoms with E-state index >= 15 is 0 Å². The van der Waals surface area contributed by atoms with Crippen LogP contribution in [0.15, 0.2) is 16.7 Å². The van der Waals surface area contributed by atoms with Gasteiger partial charge in [0.05, 0.1) is 10.6 Å². The number of hydrogen-bond acceptors (Lipinski definition) is 4. The Hall–Kier alpha value is -1.01. The number of aromatic nitrogens is 1. The van der Waals surface area contributed by atoms with Gasteiger partial charge in [-0.25, -0.2) is 0 Å². The third-order valence-corrected chi connectivity index (χ3v) is 3.41. The van der Waals surface area contributed by atoms with Crippen molar-refractivity contribution in [3.63, 3.8) is 0 Å². The molecule has 17 heavy (non-hydrogen) atoms. The van der Waals surface area contributed by atoms with E-state index in [1.54, 1.807) is 0 Å². The smallest absolute Gasteiger partial charge is 0.288 e. The Morgan fingerprint density at radius 3 is 2.71 bits per heavy atom. The minimum absolute atomic E-state index is 0.00364. The Kier molecular flexibility index (Phi) is 5.02. The summed E-state index contributed by atoms with van der Waals surface area (Å²) in [7, 11) is 0. The molecule has 0 bridgehead atoms. The lowest BCUT2D eigenvalue weighted by Gasteiger charge is -2.20. The van der Waals surface area contributed by atoms with Gasteiger partial charge in [-0.15, -0.1) is 0 Å². The standard InChI is InChI=1S/C11H16BrN3O2/c1-4-13-8(3)7(2)11-10(12)5-9(6-14-11)15(16)17/h5-8,13H,4H2,1-3H3. The van der Waals surface area contributed by atoms with Crippen LogP contribution in [-0.2, 0) is 0 Å². The number of nitrogens with one attached hydrogen (secondary N) is 1. The maximum absolute atomic E-state index is 10.6. The van der Waals surface area contributed by atoms with Crippen LogP contribution in [0.4, 0.5) is 5.69 Å². The normalized spacial score (nSPS) is 14.4. The van der Waals surface area contributed by atoms with Crippen LogP contribution in [0.3, 0.4) is 0 Å². The molecule has 0 saturated heterocycles. The molecule has 1 rings (SSSR count). The Morgan fingerprint density at radius 1 is 1.59 bits per heavy atom. The largest absolute Gasteiger partial charge is 0.314 e. The molecule has 0 fully saturated rings. The van der Waals surface area contributed by atoms with Crippen molar-refractivity contribution in [2.75, 3.05) is 6.54 Å². The topological polar surface area (TPSA) is 68.1 Å². The summed E-state index contributed by atoms with van der Waals surface area (Å²) in [6, 6.07) is 1.77. The first-order valence-electron chi connectivity index (χ1n) is 5.50. The van der Waals surface area contributed by atoms with Crippen LogP contribution in [0.1, 0.15) is 32.4 Å². The zero-order valence-corrected chi connectivity index (χ0v) is 11.7. The van der Waals surface area contributed by atoms with E-state index in [0.29, 0.717) is 4.47 Å². The van der Waals surface area contributed by atoms with Crippen molar-refractivity contribution in [1.29, 1.82) is 0 Å². The van der Waals surface area contributed by atoms with Gasteiger partial charge in [0.1, 0.15) is 6.20 Å². The number of nitrogens with zero attached hydrogens (tertiary/aromatic N) is 2. The lowest BCUT2D eigenvalue weighted by molar-refractivity contribution is -0.385. The van der Waals surface area contributed by atoms with Crippen molar-refractivity contribution in [2.45, 2.75) is 32.7 Å². The summed E-state index contributed by atoms with van der Waals surface area (Å²) < 4.78 is 0.684. The fourth-order valence-corrected chi connectivity index (χ4v) is 2.31. The first-order valence-corrected chi connectivity index (χ1v) is 6.29. The van der Waals surface area contributed by atoms with Gasteiger partial charge in [0, 0.05) is 22.5 Å². The van der Waals surface area contributed by atoms with Crippen molar-refractivity contribution in [2.24, 2.45) is 0 Å². The third-order valence-electron chi connectivity index (χ3n) is 2.77. The van der Waals surface area contributed by atoms with Gasteiger partial charge in [0.25, 0.3) is 5.69 Å². The lowest BCUT2D eigenvalue weighted by atomic mass is 9.99. The molecule has 1 heterocycles. The number of hydrogen-bond donors (Lipinski definition) is 1. The summed E-state index contributed by atoms with van der Waals surface area (Å²) in [5.74, 6) is 0.185. The molecule has 1 aromatic heterocycles. The quantitative estimate of drug-likeness (QED) is 0.671. The molecule has 0 aliphatic rings. The number of rotatable bonds is 5. The molecule has 2 atom stereocenters. The van der Waals surface area contributed by atoms with Crippen LogP contribution in [-0.4, -0.2) is 22.5 Å². The van der Waals surface area contributed by atoms with Gasteiger partial charge in [-0.05, 0) is 29.4 Å². The molecule has 1 N–H and O–H groups in total. The van der Waals surface area contributed by atoms with Crippen molar-refractivity contribution in [3.8, 4) is 0 Å². The van der Waals surface area contributed by atoms with Gasteiger partial charge >= 0.3 is 0 Å². The van der Waals surface area contributed by atoms with Gasteiger partial charge in [0.2, 0.25) is 0 Å². The van der Waals surface area contributed by atoms with Gasteiger partial charge in [-0.2, -0.15) is 0 Å². The molecule has 0 aliphatic carbocycles. The fraction of sp³-hybridized carbons (Fsp3) is 0.545. The van der Waals surface area contributed by atoms with Crippen LogP contribution in [0.5, 0.6) is 0 Å². The Balaban J connectivity index is 2.95. The average Bonchev–Trinajstić information content (AvgIpc) is 2.28. The van der Waals surface area contributed by atoms with E-state index in [1.165, 1.54) is 12.3 Å². The van der Waals surface area contributed by atoms with Crippen LogP contribution in [0, 0.1) is 10.1 Å². The number of likely N-dealkylation sites (N-methyl/N-ethyl adjacent to an activating group) is 1. The Morgan fingerprint density at radius 2 is 2.24 bits per heavy atom. The van der Waals surface area contributed by atoms with E-state index in [-0.39, 0.29) is 17.6 Å². The van der Waals surface area contributed by atoms with Crippen LogP contribution >= 0.6 is 15.9 Å². The number of nitro groups is 1. The molecule has 6 heteroatoms. The fourth-order valence-electron chi connectivity index (χ4n) is 1.61. The van der Waals surface area contributed by atoms with E-state index in [4.69, 9.17) is 0 Å². The Bertz CT molecular complexity index is 412. The molecule has 0 aromatic carbocycles. The first-order chi connectivity index (χ1) is 7.97. The summed E-state index contributed by atoms with van der Waals surface area (Å²) in [6.07, 6.45) is 1.30. The summed E-state index contributed by atoms with van der Waals surface area (Å²) in [5.41, 5.74) is 0.841. The first kappa shape index (κ1) is 14.1. The highest BCUT2D eigenvalue weighted by Gasteiger charge is 2.19. The van der Waals surface area contributed by atoms with Gasteiger partial charge in [-0.3, -0.25) is 15.1 Å². The molecule has 0 radical (unpaired) electrons. The monoisotopic (exact) mass is 301 g/mol. The van der Waals surface area contributed by atoms with Gasteiger partial charge < -0.3 is 5.32 Å². The molecule has 0 saturated carbocycles. The molecular weight excluding hydrogens is 286 g/mol. The summed E-state index contributed by atoms with van der Waals surface area (Å²) >= 11 is 3.34. The van der Waals surface area contributed by atoms with E-state index in [9.17, 15) is 10.1 Å². The summed E-state index contributed by atoms with van der Waals surface area (Å²) in [5, 5.41) is 13.9. The molecule has 0 spiro atoms. The number of halogens is 1. The van der Waals surface area contributed by atoms with Crippen molar-refractivity contribution in [3.05, 3.63) is 32.5 Å². The highest BCUT2D eigenvalue weighted by atomic mass is 79.9. The molecule has 0 amide bonds. The van der Waals surface area contributed by atoms with E-state index in [1.807, 2.05) is 13.8 Å². The second-order valence-corrected chi connectivity index (χ2v) is 4.81. The second-order valence-electron chi connectivity index (χ2n) is 3.95. The average molecular weight is 302 g/mol. The van der Waals surface area contributed by atoms with E-state index in [0.717, 1.165) is 12.2 Å². The predicted molar refractivity (Wildman–Crippen MR) is 70.1 cm³/mol. The SMILES string of the molecule is CCNC(C)C(C)c1ncc([N+](=O)[O-])cc1Br. The zero-order valence-electron chi connectivity index (χ0n) is 10.1. The summed E-state index contributed by atoms with van der Waals surface area (Å²) in [6.45, 7) is 7.05. The lowest BCUT2D eigenvalue weighted by Crippen LogP contribution is -2.31. The van der Waals surface area contributed by atoms with E-state index in [2.05, 4.69) is 33.2 Å². The summed E-state index contributed by atoms with van der Waals surface area (Å²) in [4.78, 5) is 14.3. The number of pyridine rings is 1. The van der Waals surface area contributed by atoms with Crippen LogP contribution in [0.25, 0.3) is 0 Å². The highest BCUT2D eigenvalue weighted by Crippen LogP contribution is 2.28. The van der Waals surface area contributed by atoms with Crippen molar-refractivity contribution < 1.29 is 4.92 Å². The highest BCUT2D eigenvalue weighted by molar-refractivity contribution is 9.10. The van der Waals surface area contributed by atoms with E-state index < -0.39 is 4.92 Å². The third kappa shape index (κ3) is 3.47. The molecule has 5 nitrogen and oxygen atoms in total. The van der Waals surface area contributed by atoms with Crippen molar-refractivity contribution >= 4 is 21.6 Å². The maximum Gasteiger partial charge on any atom is 0.288 e. The predicted octanol–water partition coefficient (Wildman–Crippen LogP) is 2.85. The second kappa shape index (κ2) is 6.07. The zero-order chi connectivity index (χ0) is 13.0. The van der Waals surface area contributed by atoms with Crippen LogP contribution in [0.2, 0.25) is 0 Å². The molecule has 0 aliphatic heterocycles. The molecule has 94 valence electrons. The minimum atomic E-state index is -0.445. The Labute approximate surface area is 109 Å². The van der Waals surface area contributed by atoms with Gasteiger partial charge in [0.15, 0.2) is 0 Å². The molecular formula is C11H16BrN3O2. The van der Waals surface area contributed by atoms with Crippen LogP contribution < -0.4 is 5.32 Å². The molecule has 1 aromatic rings. The molecule has 2 unspecified atom stereocenters. The van der Waals surface area contributed by atoms with Gasteiger partial charge in [-0.1, -0.05) is 13.8 Å². The van der Waals surface area contributed by atoms with Crippen molar-refractivity contribution in [1.82, 2.24) is 10.3 Å². The maximum atomic E-state index is 10.6.